The van der Waals surface area contributed by atoms with E-state index in [1.807, 2.05) is 6.92 Å². The highest BCUT2D eigenvalue weighted by atomic mass is 35.5. The van der Waals surface area contributed by atoms with Gasteiger partial charge in [-0.1, -0.05) is 23.7 Å². The number of fused-ring (bicyclic) bond motifs is 1. The molecule has 8 nitrogen and oxygen atoms in total. The van der Waals surface area contributed by atoms with Crippen LogP contribution in [0.4, 0.5) is 0 Å². The molecule has 0 aliphatic heterocycles. The van der Waals surface area contributed by atoms with E-state index >= 15 is 0 Å². The average Bonchev–Trinajstić information content (AvgIpc) is 3.16. The Morgan fingerprint density at radius 3 is 2.59 bits per heavy atom. The van der Waals surface area contributed by atoms with Gasteiger partial charge in [0.1, 0.15) is 15.8 Å². The van der Waals surface area contributed by atoms with Crippen LogP contribution in [0.2, 0.25) is 4.34 Å². The Morgan fingerprint density at radius 1 is 1.16 bits per heavy atom. The SMILES string of the molecule is Cc1ccc2c(=O)n(-c3ccc(CC(=O)CS(=O)(=O)c4ccc(Cl)s4)cn3)c(=O)[nH]c2c1. The molecule has 0 saturated carbocycles. The summed E-state index contributed by atoms with van der Waals surface area (Å²) in [5.41, 5.74) is 0.651. The van der Waals surface area contributed by atoms with Gasteiger partial charge in [-0.15, -0.1) is 11.3 Å². The number of rotatable bonds is 6. The number of Topliss-reactive ketones (excluding diaryl/α,β-unsaturated/α-hetero) is 1. The first kappa shape index (κ1) is 22.1. The molecule has 4 rings (SSSR count). The number of aryl methyl sites for hydroxylation is 1. The molecule has 0 spiro atoms. The van der Waals surface area contributed by atoms with Crippen molar-refractivity contribution in [1.82, 2.24) is 14.5 Å². The van der Waals surface area contributed by atoms with Crippen molar-refractivity contribution in [3.63, 3.8) is 0 Å². The molecule has 0 atom stereocenters. The molecule has 0 bridgehead atoms. The molecular formula is C21H16ClN3O5S2. The molecule has 11 heteroatoms. The molecule has 0 amide bonds. The first-order chi connectivity index (χ1) is 15.1. The van der Waals surface area contributed by atoms with Crippen molar-refractivity contribution in [1.29, 1.82) is 0 Å². The molecule has 0 aliphatic rings. The summed E-state index contributed by atoms with van der Waals surface area (Å²) in [5, 5.41) is 0.343. The second kappa shape index (κ2) is 8.45. The molecular weight excluding hydrogens is 474 g/mol. The van der Waals surface area contributed by atoms with Gasteiger partial charge in [-0.2, -0.15) is 0 Å². The van der Waals surface area contributed by atoms with E-state index in [-0.39, 0.29) is 16.4 Å². The minimum atomic E-state index is -3.77. The standard InChI is InChI=1S/C21H16ClN3O5S2/c1-12-2-4-15-16(8-12)24-21(28)25(20(15)27)18-6-3-13(10-23-18)9-14(26)11-32(29,30)19-7-5-17(22)31-19/h2-8,10H,9,11H2,1H3,(H,24,28). The second-order valence-corrected chi connectivity index (χ2v) is 11.1. The molecule has 4 aromatic rings. The van der Waals surface area contributed by atoms with Gasteiger partial charge in [0.2, 0.25) is 0 Å². The van der Waals surface area contributed by atoms with Crippen molar-refractivity contribution in [2.24, 2.45) is 0 Å². The van der Waals surface area contributed by atoms with Crippen molar-refractivity contribution >= 4 is 49.5 Å². The predicted molar refractivity (Wildman–Crippen MR) is 123 cm³/mol. The first-order valence-electron chi connectivity index (χ1n) is 9.35. The van der Waals surface area contributed by atoms with Crippen LogP contribution in [-0.4, -0.2) is 34.5 Å². The minimum Gasteiger partial charge on any atom is -0.306 e. The first-order valence-corrected chi connectivity index (χ1v) is 12.2. The van der Waals surface area contributed by atoms with Crippen LogP contribution < -0.4 is 11.2 Å². The highest BCUT2D eigenvalue weighted by molar-refractivity contribution is 7.94. The smallest absolute Gasteiger partial charge is 0.306 e. The summed E-state index contributed by atoms with van der Waals surface area (Å²) < 4.78 is 25.9. The Labute approximate surface area is 191 Å². The zero-order valence-corrected chi connectivity index (χ0v) is 19.1. The van der Waals surface area contributed by atoms with Gasteiger partial charge in [-0.25, -0.2) is 22.8 Å². The number of carbonyl (C=O) groups is 1. The van der Waals surface area contributed by atoms with Crippen LogP contribution in [0, 0.1) is 6.92 Å². The lowest BCUT2D eigenvalue weighted by Crippen LogP contribution is -2.34. The molecule has 1 aromatic carbocycles. The van der Waals surface area contributed by atoms with Crippen LogP contribution >= 0.6 is 22.9 Å². The van der Waals surface area contributed by atoms with Crippen LogP contribution in [0.1, 0.15) is 11.1 Å². The van der Waals surface area contributed by atoms with E-state index in [0.29, 0.717) is 20.8 Å². The molecule has 3 aromatic heterocycles. The summed E-state index contributed by atoms with van der Waals surface area (Å²) in [6.45, 7) is 1.85. The summed E-state index contributed by atoms with van der Waals surface area (Å²) in [6.07, 6.45) is 1.18. The highest BCUT2D eigenvalue weighted by Gasteiger charge is 2.21. The molecule has 0 saturated heterocycles. The van der Waals surface area contributed by atoms with E-state index < -0.39 is 32.6 Å². The Kier molecular flexibility index (Phi) is 5.85. The number of aromatic amines is 1. The van der Waals surface area contributed by atoms with Crippen LogP contribution in [0.5, 0.6) is 0 Å². The van der Waals surface area contributed by atoms with Gasteiger partial charge in [0.25, 0.3) is 5.56 Å². The Hall–Kier alpha value is -3.08. The van der Waals surface area contributed by atoms with Gasteiger partial charge in [0.15, 0.2) is 15.6 Å². The molecule has 3 heterocycles. The van der Waals surface area contributed by atoms with E-state index in [1.54, 1.807) is 18.2 Å². The zero-order valence-electron chi connectivity index (χ0n) is 16.7. The van der Waals surface area contributed by atoms with Crippen LogP contribution in [0.25, 0.3) is 16.7 Å². The summed E-state index contributed by atoms with van der Waals surface area (Å²) in [7, 11) is -3.77. The van der Waals surface area contributed by atoms with Gasteiger partial charge in [-0.3, -0.25) is 9.59 Å². The van der Waals surface area contributed by atoms with Crippen LogP contribution in [0.3, 0.4) is 0 Å². The number of aromatic nitrogens is 3. The number of ketones is 1. The largest absolute Gasteiger partial charge is 0.334 e. The summed E-state index contributed by atoms with van der Waals surface area (Å²) in [5.74, 6) is -1.08. The van der Waals surface area contributed by atoms with Gasteiger partial charge in [-0.05, 0) is 48.4 Å². The van der Waals surface area contributed by atoms with E-state index in [1.165, 1.54) is 30.5 Å². The van der Waals surface area contributed by atoms with Crippen LogP contribution in [0.15, 0.2) is 62.5 Å². The normalized spacial score (nSPS) is 11.7. The lowest BCUT2D eigenvalue weighted by molar-refractivity contribution is -0.116. The third kappa shape index (κ3) is 4.43. The fraction of sp³-hybridized carbons (Fsp3) is 0.143. The molecule has 0 fully saturated rings. The monoisotopic (exact) mass is 489 g/mol. The number of hydrogen-bond donors (Lipinski definition) is 1. The van der Waals surface area contributed by atoms with Crippen molar-refractivity contribution < 1.29 is 13.2 Å². The van der Waals surface area contributed by atoms with E-state index in [0.717, 1.165) is 21.5 Å². The number of thiophene rings is 1. The van der Waals surface area contributed by atoms with Gasteiger partial charge in [0, 0.05) is 12.6 Å². The number of nitrogens with one attached hydrogen (secondary N) is 1. The van der Waals surface area contributed by atoms with E-state index in [2.05, 4.69) is 9.97 Å². The number of halogens is 1. The molecule has 1 N–H and O–H groups in total. The number of pyridine rings is 1. The lowest BCUT2D eigenvalue weighted by atomic mass is 10.1. The molecule has 32 heavy (non-hydrogen) atoms. The Bertz CT molecular complexity index is 1570. The van der Waals surface area contributed by atoms with Gasteiger partial charge in [0.05, 0.1) is 15.2 Å². The third-order valence-electron chi connectivity index (χ3n) is 4.70. The Balaban J connectivity index is 1.56. The van der Waals surface area contributed by atoms with Gasteiger partial charge < -0.3 is 4.98 Å². The fourth-order valence-corrected chi connectivity index (χ4v) is 6.03. The summed E-state index contributed by atoms with van der Waals surface area (Å²) >= 11 is 6.67. The minimum absolute atomic E-state index is 0.0365. The lowest BCUT2D eigenvalue weighted by Gasteiger charge is -2.07. The quantitative estimate of drug-likeness (QED) is 0.444. The predicted octanol–water partition coefficient (Wildman–Crippen LogP) is 2.68. The Morgan fingerprint density at radius 2 is 1.94 bits per heavy atom. The number of sulfone groups is 1. The average molecular weight is 490 g/mol. The zero-order chi connectivity index (χ0) is 23.0. The highest BCUT2D eigenvalue weighted by Crippen LogP contribution is 2.26. The molecule has 0 aliphatic carbocycles. The number of hydrogen-bond acceptors (Lipinski definition) is 7. The maximum absolute atomic E-state index is 12.8. The molecule has 0 unspecified atom stereocenters. The number of H-pyrrole nitrogens is 1. The molecule has 164 valence electrons. The van der Waals surface area contributed by atoms with Crippen LogP contribution in [-0.2, 0) is 21.1 Å². The fourth-order valence-electron chi connectivity index (χ4n) is 3.22. The van der Waals surface area contributed by atoms with E-state index in [9.17, 15) is 22.8 Å². The molecule has 0 radical (unpaired) electrons. The van der Waals surface area contributed by atoms with Crippen molar-refractivity contribution in [3.05, 3.63) is 85.0 Å². The number of nitrogens with zero attached hydrogens (tertiary/aromatic N) is 2. The van der Waals surface area contributed by atoms with Crippen molar-refractivity contribution in [3.8, 4) is 5.82 Å². The maximum Gasteiger partial charge on any atom is 0.334 e. The number of carbonyl (C=O) groups excluding carboxylic acids is 1. The van der Waals surface area contributed by atoms with Crippen molar-refractivity contribution in [2.75, 3.05) is 5.75 Å². The third-order valence-corrected chi connectivity index (χ3v) is 8.19. The second-order valence-electron chi connectivity index (χ2n) is 7.18. The van der Waals surface area contributed by atoms with E-state index in [4.69, 9.17) is 11.6 Å². The maximum atomic E-state index is 12.8. The van der Waals surface area contributed by atoms with Crippen molar-refractivity contribution in [2.45, 2.75) is 17.6 Å². The number of benzene rings is 1. The summed E-state index contributed by atoms with van der Waals surface area (Å²) in [6, 6.07) is 10.9. The summed E-state index contributed by atoms with van der Waals surface area (Å²) in [4.78, 5) is 44.3. The topological polar surface area (TPSA) is 119 Å². The van der Waals surface area contributed by atoms with Gasteiger partial charge >= 0.3 is 5.69 Å².